The molecule has 1 aromatic carbocycles. The second kappa shape index (κ2) is 6.92. The van der Waals surface area contributed by atoms with Gasteiger partial charge in [-0.3, -0.25) is 0 Å². The van der Waals surface area contributed by atoms with Crippen LogP contribution in [0, 0.1) is 0 Å². The average molecular weight is 285 g/mol. The minimum absolute atomic E-state index is 0.812. The first kappa shape index (κ1) is 15.1. The third kappa shape index (κ3) is 3.84. The molecule has 5 nitrogen and oxygen atoms in total. The summed E-state index contributed by atoms with van der Waals surface area (Å²) >= 11 is 0. The van der Waals surface area contributed by atoms with Crippen molar-refractivity contribution in [1.29, 1.82) is 0 Å². The lowest BCUT2D eigenvalue weighted by Crippen LogP contribution is -2.11. The van der Waals surface area contributed by atoms with Gasteiger partial charge in [-0.2, -0.15) is 0 Å². The molecule has 0 unspecified atom stereocenters. The third-order valence-electron chi connectivity index (χ3n) is 3.15. The molecule has 0 fully saturated rings. The largest absolute Gasteiger partial charge is 0.376 e. The van der Waals surface area contributed by atoms with Gasteiger partial charge in [0.05, 0.1) is 11.4 Å². The number of nitrogens with one attached hydrogen (secondary N) is 2. The Labute approximate surface area is 126 Å². The van der Waals surface area contributed by atoms with Crippen molar-refractivity contribution in [3.05, 3.63) is 36.2 Å². The summed E-state index contributed by atoms with van der Waals surface area (Å²) in [4.78, 5) is 11.1. The molecule has 2 N–H and O–H groups in total. The van der Waals surface area contributed by atoms with Gasteiger partial charge in [0.1, 0.15) is 17.5 Å². The zero-order valence-electron chi connectivity index (χ0n) is 13.1. The number of aryl methyl sites for hydroxylation is 1. The van der Waals surface area contributed by atoms with Crippen LogP contribution in [0.3, 0.4) is 0 Å². The molecular weight excluding hydrogens is 262 g/mol. The number of aromatic nitrogens is 2. The first-order chi connectivity index (χ1) is 10.1. The van der Waals surface area contributed by atoms with Gasteiger partial charge in [-0.15, -0.1) is 0 Å². The summed E-state index contributed by atoms with van der Waals surface area (Å²) in [5.41, 5.74) is 2.16. The van der Waals surface area contributed by atoms with E-state index in [4.69, 9.17) is 0 Å². The van der Waals surface area contributed by atoms with E-state index >= 15 is 0 Å². The number of nitrogens with zero attached hydrogens (tertiary/aromatic N) is 3. The van der Waals surface area contributed by atoms with E-state index in [9.17, 15) is 0 Å². The number of hydrogen-bond acceptors (Lipinski definition) is 5. The fourth-order valence-electron chi connectivity index (χ4n) is 2.13. The fraction of sp³-hybridized carbons (Fsp3) is 0.375. The normalized spacial score (nSPS) is 10.3. The van der Waals surface area contributed by atoms with E-state index in [1.54, 1.807) is 0 Å². The van der Waals surface area contributed by atoms with Crippen molar-refractivity contribution in [2.75, 3.05) is 36.7 Å². The van der Waals surface area contributed by atoms with Crippen molar-refractivity contribution in [1.82, 2.24) is 9.97 Å². The summed E-state index contributed by atoms with van der Waals surface area (Å²) in [6.45, 7) is 2.13. The van der Waals surface area contributed by atoms with Gasteiger partial charge in [0.25, 0.3) is 0 Å². The highest BCUT2D eigenvalue weighted by Crippen LogP contribution is 2.27. The van der Waals surface area contributed by atoms with Gasteiger partial charge in [0, 0.05) is 33.6 Å². The molecular formula is C16H23N5. The molecule has 0 spiro atoms. The van der Waals surface area contributed by atoms with Gasteiger partial charge in [-0.1, -0.05) is 19.1 Å². The lowest BCUT2D eigenvalue weighted by Gasteiger charge is -2.18. The molecule has 0 atom stereocenters. The second-order valence-electron chi connectivity index (χ2n) is 5.09. The molecule has 5 heteroatoms. The molecule has 0 aliphatic carbocycles. The molecule has 0 bridgehead atoms. The second-order valence-corrected chi connectivity index (χ2v) is 5.09. The Morgan fingerprint density at radius 3 is 2.48 bits per heavy atom. The zero-order valence-corrected chi connectivity index (χ0v) is 13.1. The summed E-state index contributed by atoms with van der Waals surface area (Å²) in [6, 6.07) is 10.1. The molecule has 0 saturated carbocycles. The average Bonchev–Trinajstić information content (AvgIpc) is 2.47. The summed E-state index contributed by atoms with van der Waals surface area (Å²) in [5.74, 6) is 2.50. The van der Waals surface area contributed by atoms with Gasteiger partial charge in [0.15, 0.2) is 0 Å². The molecule has 21 heavy (non-hydrogen) atoms. The van der Waals surface area contributed by atoms with E-state index in [0.29, 0.717) is 0 Å². The van der Waals surface area contributed by atoms with Crippen molar-refractivity contribution in [3.63, 3.8) is 0 Å². The number of para-hydroxylation sites is 2. The van der Waals surface area contributed by atoms with Crippen LogP contribution in [0.4, 0.5) is 23.0 Å². The lowest BCUT2D eigenvalue weighted by atomic mass is 10.2. The van der Waals surface area contributed by atoms with Crippen LogP contribution in [-0.4, -0.2) is 31.1 Å². The first-order valence-corrected chi connectivity index (χ1v) is 7.23. The Hall–Kier alpha value is -2.30. The van der Waals surface area contributed by atoms with E-state index < -0.39 is 0 Å². The minimum Gasteiger partial charge on any atom is -0.376 e. The molecule has 0 amide bonds. The van der Waals surface area contributed by atoms with E-state index in [1.165, 1.54) is 0 Å². The number of benzene rings is 1. The van der Waals surface area contributed by atoms with Crippen LogP contribution in [0.1, 0.15) is 19.2 Å². The SMILES string of the molecule is CCCc1nc(NC)cc(Nc2ccccc2N(C)C)n1. The van der Waals surface area contributed by atoms with Gasteiger partial charge >= 0.3 is 0 Å². The standard InChI is InChI=1S/C16H23N5/c1-5-8-14-19-15(17-2)11-16(20-14)18-12-9-6-7-10-13(12)21(3)4/h6-7,9-11H,5,8H2,1-4H3,(H2,17,18,19,20). The van der Waals surface area contributed by atoms with Crippen molar-refractivity contribution in [2.24, 2.45) is 0 Å². The number of rotatable bonds is 6. The fourth-order valence-corrected chi connectivity index (χ4v) is 2.13. The smallest absolute Gasteiger partial charge is 0.136 e. The van der Waals surface area contributed by atoms with Gasteiger partial charge < -0.3 is 15.5 Å². The lowest BCUT2D eigenvalue weighted by molar-refractivity contribution is 0.838. The maximum atomic E-state index is 4.59. The molecule has 0 aliphatic heterocycles. The highest BCUT2D eigenvalue weighted by Gasteiger charge is 2.07. The predicted molar refractivity (Wildman–Crippen MR) is 89.6 cm³/mol. The Morgan fingerprint density at radius 1 is 1.10 bits per heavy atom. The predicted octanol–water partition coefficient (Wildman–Crippen LogP) is 3.28. The van der Waals surface area contributed by atoms with Crippen LogP contribution in [0.25, 0.3) is 0 Å². The Balaban J connectivity index is 2.32. The molecule has 112 valence electrons. The Bertz CT molecular complexity index is 595. The van der Waals surface area contributed by atoms with Crippen molar-refractivity contribution in [3.8, 4) is 0 Å². The summed E-state index contributed by atoms with van der Waals surface area (Å²) < 4.78 is 0. The van der Waals surface area contributed by atoms with Crippen LogP contribution in [0.5, 0.6) is 0 Å². The molecule has 0 saturated heterocycles. The van der Waals surface area contributed by atoms with E-state index in [2.05, 4.69) is 44.6 Å². The number of hydrogen-bond donors (Lipinski definition) is 2. The van der Waals surface area contributed by atoms with Crippen LogP contribution in [0.15, 0.2) is 30.3 Å². The van der Waals surface area contributed by atoms with Gasteiger partial charge in [0.2, 0.25) is 0 Å². The van der Waals surface area contributed by atoms with Gasteiger partial charge in [-0.25, -0.2) is 9.97 Å². The Morgan fingerprint density at radius 2 is 1.81 bits per heavy atom. The van der Waals surface area contributed by atoms with E-state index in [1.807, 2.05) is 39.3 Å². The van der Waals surface area contributed by atoms with Gasteiger partial charge in [-0.05, 0) is 18.6 Å². The van der Waals surface area contributed by atoms with Crippen molar-refractivity contribution >= 4 is 23.0 Å². The van der Waals surface area contributed by atoms with Crippen LogP contribution in [0.2, 0.25) is 0 Å². The first-order valence-electron chi connectivity index (χ1n) is 7.23. The maximum Gasteiger partial charge on any atom is 0.136 e. The molecule has 2 aromatic rings. The summed E-state index contributed by atoms with van der Waals surface area (Å²) in [7, 11) is 5.93. The quantitative estimate of drug-likeness (QED) is 0.853. The minimum atomic E-state index is 0.812. The summed E-state index contributed by atoms with van der Waals surface area (Å²) in [6.07, 6.45) is 1.90. The number of anilines is 4. The van der Waals surface area contributed by atoms with Crippen molar-refractivity contribution < 1.29 is 0 Å². The summed E-state index contributed by atoms with van der Waals surface area (Å²) in [5, 5.41) is 6.48. The highest BCUT2D eigenvalue weighted by atomic mass is 15.1. The monoisotopic (exact) mass is 285 g/mol. The molecule has 1 heterocycles. The third-order valence-corrected chi connectivity index (χ3v) is 3.15. The molecule has 0 radical (unpaired) electrons. The van der Waals surface area contributed by atoms with Crippen LogP contribution < -0.4 is 15.5 Å². The molecule has 1 aromatic heterocycles. The topological polar surface area (TPSA) is 53.1 Å². The highest BCUT2D eigenvalue weighted by molar-refractivity contribution is 5.74. The van der Waals surface area contributed by atoms with Crippen molar-refractivity contribution in [2.45, 2.75) is 19.8 Å². The zero-order chi connectivity index (χ0) is 15.2. The molecule has 2 rings (SSSR count). The van der Waals surface area contributed by atoms with Crippen LogP contribution >= 0.6 is 0 Å². The maximum absolute atomic E-state index is 4.59. The van der Waals surface area contributed by atoms with E-state index in [-0.39, 0.29) is 0 Å². The molecule has 0 aliphatic rings. The van der Waals surface area contributed by atoms with Crippen LogP contribution in [-0.2, 0) is 6.42 Å². The Kier molecular flexibility index (Phi) is 4.98. The van der Waals surface area contributed by atoms with E-state index in [0.717, 1.165) is 41.7 Å².